The Balaban J connectivity index is 0.000000136. The minimum atomic E-state index is -4.73. The van der Waals surface area contributed by atoms with Crippen LogP contribution in [0.5, 0.6) is 0 Å². The van der Waals surface area contributed by atoms with E-state index in [4.69, 9.17) is 0 Å². The maximum absolute atomic E-state index is 11.7. The minimum absolute atomic E-state index is 0.0333. The Hall–Kier alpha value is -1.80. The van der Waals surface area contributed by atoms with Crippen LogP contribution >= 0.6 is 0 Å². The molecule has 9 fully saturated rings. The number of halogens is 3. The summed E-state index contributed by atoms with van der Waals surface area (Å²) in [7, 11) is 1.91. The summed E-state index contributed by atoms with van der Waals surface area (Å²) in [5, 5.41) is 4.89. The lowest BCUT2D eigenvalue weighted by Gasteiger charge is -2.76. The number of rotatable bonds is 6. The van der Waals surface area contributed by atoms with Crippen molar-refractivity contribution in [3.05, 3.63) is 0 Å². The summed E-state index contributed by atoms with van der Waals surface area (Å²) < 4.78 is 35.2. The van der Waals surface area contributed by atoms with Gasteiger partial charge in [-0.3, -0.25) is 14.4 Å². The van der Waals surface area contributed by atoms with Crippen molar-refractivity contribution in [2.24, 2.45) is 38.4 Å². The first-order valence-electron chi connectivity index (χ1n) is 14.5. The zero-order valence-electron chi connectivity index (χ0n) is 24.9. The molecule has 0 atom stereocenters. The summed E-state index contributed by atoms with van der Waals surface area (Å²) in [6.07, 6.45) is 6.25. The second kappa shape index (κ2) is 9.37. The van der Waals surface area contributed by atoms with Gasteiger partial charge in [0.25, 0.3) is 0 Å². The molecule has 0 saturated heterocycles. The molecule has 0 aromatic carbocycles. The highest BCUT2D eigenvalue weighted by Crippen LogP contribution is 2.78. The highest BCUT2D eigenvalue weighted by atomic mass is 19.4. The van der Waals surface area contributed by atoms with Crippen LogP contribution in [0.15, 0.2) is 0 Å². The molecule has 2 N–H and O–H groups in total. The zero-order valence-corrected chi connectivity index (χ0v) is 24.9. The molecular formula is C30H48F3N3O3. The molecule has 0 spiro atoms. The van der Waals surface area contributed by atoms with Crippen molar-refractivity contribution < 1.29 is 27.6 Å². The molecule has 0 aromatic rings. The Kier molecular flexibility index (Phi) is 7.24. The fourth-order valence-electron chi connectivity index (χ4n) is 8.88. The molecule has 9 heteroatoms. The standard InChI is InChI=1S/C12H21NO.C10H17NO.C8H10F3NO/c1-9(14)13-8-11-5-12(6-11,7-11)10(2,3)4;1-8(12)11(3)7-10-4-9(2,5-10)6-10;9-8(10,11)6(13)12-4-7-1-5(2-7)3-7/h5-8H2,1-4H3,(H,13,14);4-7H2,1-3H3;5H,1-4H2,(H,12,13). The first-order valence-corrected chi connectivity index (χ1v) is 14.5. The van der Waals surface area contributed by atoms with Gasteiger partial charge in [-0.15, -0.1) is 0 Å². The number of nitrogens with zero attached hydrogens (tertiary/aromatic N) is 1. The fraction of sp³-hybridized carbons (Fsp3) is 0.900. The lowest BCUT2D eigenvalue weighted by atomic mass is 9.29. The third-order valence-corrected chi connectivity index (χ3v) is 11.0. The molecule has 6 bridgehead atoms. The van der Waals surface area contributed by atoms with Gasteiger partial charge in [-0.25, -0.2) is 0 Å². The van der Waals surface area contributed by atoms with E-state index in [2.05, 4.69) is 33.0 Å². The first-order chi connectivity index (χ1) is 17.6. The minimum Gasteiger partial charge on any atom is -0.356 e. The van der Waals surface area contributed by atoms with Crippen LogP contribution in [0.2, 0.25) is 0 Å². The molecule has 222 valence electrons. The van der Waals surface area contributed by atoms with Gasteiger partial charge >= 0.3 is 12.1 Å². The van der Waals surface area contributed by atoms with E-state index in [1.54, 1.807) is 13.8 Å². The van der Waals surface area contributed by atoms with Crippen LogP contribution in [-0.4, -0.2) is 55.5 Å². The van der Waals surface area contributed by atoms with Crippen molar-refractivity contribution in [1.29, 1.82) is 0 Å². The smallest absolute Gasteiger partial charge is 0.356 e. The lowest BCUT2D eigenvalue weighted by Crippen LogP contribution is -2.69. The van der Waals surface area contributed by atoms with Crippen LogP contribution < -0.4 is 10.6 Å². The largest absolute Gasteiger partial charge is 0.471 e. The summed E-state index contributed by atoms with van der Waals surface area (Å²) in [6, 6.07) is 0. The lowest BCUT2D eigenvalue weighted by molar-refractivity contribution is -0.255. The molecular weight excluding hydrogens is 507 g/mol. The van der Waals surface area contributed by atoms with Crippen LogP contribution in [0.3, 0.4) is 0 Å². The van der Waals surface area contributed by atoms with Crippen LogP contribution in [0, 0.1) is 38.4 Å². The van der Waals surface area contributed by atoms with E-state index in [9.17, 15) is 27.6 Å². The summed E-state index contributed by atoms with van der Waals surface area (Å²) in [4.78, 5) is 34.1. The van der Waals surface area contributed by atoms with E-state index in [1.165, 1.54) is 38.5 Å². The normalized spacial score (nSPS) is 39.5. The van der Waals surface area contributed by atoms with E-state index in [0.717, 1.165) is 38.3 Å². The van der Waals surface area contributed by atoms with Crippen molar-refractivity contribution in [1.82, 2.24) is 15.5 Å². The van der Waals surface area contributed by atoms with Gasteiger partial charge in [0.2, 0.25) is 11.8 Å². The highest BCUT2D eigenvalue weighted by Gasteiger charge is 2.71. The fourth-order valence-corrected chi connectivity index (χ4v) is 8.88. The molecule has 9 saturated carbocycles. The molecule has 0 aromatic heterocycles. The van der Waals surface area contributed by atoms with Crippen LogP contribution in [-0.2, 0) is 14.4 Å². The second-order valence-corrected chi connectivity index (χ2v) is 15.8. The predicted molar refractivity (Wildman–Crippen MR) is 143 cm³/mol. The Morgan fingerprint density at radius 2 is 1.31 bits per heavy atom. The molecule has 39 heavy (non-hydrogen) atoms. The van der Waals surface area contributed by atoms with Crippen molar-refractivity contribution >= 4 is 17.7 Å². The molecule has 0 heterocycles. The van der Waals surface area contributed by atoms with Crippen molar-refractivity contribution in [2.75, 3.05) is 26.7 Å². The Morgan fingerprint density at radius 3 is 1.64 bits per heavy atom. The Labute approximate surface area is 231 Å². The topological polar surface area (TPSA) is 78.5 Å². The summed E-state index contributed by atoms with van der Waals surface area (Å²) in [5.41, 5.74) is 2.77. The SMILES string of the molecule is CC(=O)N(C)CC12CC(C)(C1)C2.CC(=O)NCC12CC(C(C)(C)C)(C1)C2.O=C(NCC12CC(C1)C2)C(F)(F)F. The van der Waals surface area contributed by atoms with Gasteiger partial charge in [-0.2, -0.15) is 13.2 Å². The van der Waals surface area contributed by atoms with Crippen LogP contribution in [0.4, 0.5) is 13.2 Å². The Morgan fingerprint density at radius 1 is 0.821 bits per heavy atom. The van der Waals surface area contributed by atoms with Gasteiger partial charge in [0, 0.05) is 40.5 Å². The average Bonchev–Trinajstić information content (AvgIpc) is 2.60. The van der Waals surface area contributed by atoms with Gasteiger partial charge < -0.3 is 15.5 Å². The monoisotopic (exact) mass is 555 g/mol. The third kappa shape index (κ3) is 5.83. The number of hydrogen-bond donors (Lipinski definition) is 2. The molecule has 6 nitrogen and oxygen atoms in total. The molecule has 0 aliphatic heterocycles. The highest BCUT2D eigenvalue weighted by molar-refractivity contribution is 5.81. The van der Waals surface area contributed by atoms with Gasteiger partial charge in [-0.05, 0) is 96.2 Å². The van der Waals surface area contributed by atoms with Gasteiger partial charge in [0.1, 0.15) is 0 Å². The summed E-state index contributed by atoms with van der Waals surface area (Å²) in [5.74, 6) is -0.774. The zero-order chi connectivity index (χ0) is 29.3. The third-order valence-electron chi connectivity index (χ3n) is 11.0. The summed E-state index contributed by atoms with van der Waals surface area (Å²) in [6.45, 7) is 14.7. The van der Waals surface area contributed by atoms with Gasteiger partial charge in [0.15, 0.2) is 0 Å². The molecule has 9 rings (SSSR count). The first kappa shape index (κ1) is 30.2. The van der Waals surface area contributed by atoms with Gasteiger partial charge in [0.05, 0.1) is 0 Å². The second-order valence-electron chi connectivity index (χ2n) is 15.8. The molecule has 9 aliphatic carbocycles. The van der Waals surface area contributed by atoms with Gasteiger partial charge in [-0.1, -0.05) is 27.7 Å². The number of alkyl halides is 3. The van der Waals surface area contributed by atoms with Crippen LogP contribution in [0.25, 0.3) is 0 Å². The number of carbonyl (C=O) groups excluding carboxylic acids is 3. The van der Waals surface area contributed by atoms with E-state index < -0.39 is 12.1 Å². The maximum Gasteiger partial charge on any atom is 0.471 e. The van der Waals surface area contributed by atoms with E-state index in [0.29, 0.717) is 27.1 Å². The van der Waals surface area contributed by atoms with Crippen molar-refractivity contribution in [3.63, 3.8) is 0 Å². The van der Waals surface area contributed by atoms with E-state index >= 15 is 0 Å². The Bertz CT molecular complexity index is 959. The van der Waals surface area contributed by atoms with Crippen LogP contribution in [0.1, 0.15) is 99.3 Å². The number of amides is 3. The molecule has 3 amide bonds. The molecule has 0 unspecified atom stereocenters. The number of carbonyl (C=O) groups is 3. The maximum atomic E-state index is 11.7. The molecule has 9 aliphatic rings. The van der Waals surface area contributed by atoms with E-state index in [-0.39, 0.29) is 23.8 Å². The number of hydrogen-bond acceptors (Lipinski definition) is 3. The number of nitrogens with one attached hydrogen (secondary N) is 2. The predicted octanol–water partition coefficient (Wildman–Crippen LogP) is 5.46. The van der Waals surface area contributed by atoms with E-state index in [1.807, 2.05) is 17.3 Å². The quantitative estimate of drug-likeness (QED) is 0.457. The molecule has 0 radical (unpaired) electrons. The average molecular weight is 556 g/mol. The summed E-state index contributed by atoms with van der Waals surface area (Å²) >= 11 is 0. The van der Waals surface area contributed by atoms with Crippen molar-refractivity contribution in [3.8, 4) is 0 Å². The van der Waals surface area contributed by atoms with Crippen molar-refractivity contribution in [2.45, 2.75) is 106 Å².